The Morgan fingerprint density at radius 2 is 2.25 bits per heavy atom. The van der Waals surface area contributed by atoms with Crippen molar-refractivity contribution < 1.29 is 4.79 Å². The Kier molecular flexibility index (Phi) is 2.95. The first kappa shape index (κ1) is 10.4. The van der Waals surface area contributed by atoms with Gasteiger partial charge in [0.2, 0.25) is 0 Å². The SMILES string of the molecule is CNC(=O)c1ccccc1Cn1cncn1. The van der Waals surface area contributed by atoms with E-state index in [0.29, 0.717) is 12.1 Å². The molecule has 0 aliphatic heterocycles. The van der Waals surface area contributed by atoms with E-state index >= 15 is 0 Å². The largest absolute Gasteiger partial charge is 0.355 e. The standard InChI is InChI=1S/C11H12N4O/c1-12-11(16)10-5-3-2-4-9(10)6-15-8-13-7-14-15/h2-5,7-8H,6H2,1H3,(H,12,16). The molecule has 0 aliphatic carbocycles. The van der Waals surface area contributed by atoms with Crippen LogP contribution in [-0.2, 0) is 6.54 Å². The fourth-order valence-corrected chi connectivity index (χ4v) is 1.50. The van der Waals surface area contributed by atoms with Crippen LogP contribution in [0.5, 0.6) is 0 Å². The summed E-state index contributed by atoms with van der Waals surface area (Å²) in [7, 11) is 1.62. The molecule has 0 aliphatic rings. The molecule has 5 nitrogen and oxygen atoms in total. The third kappa shape index (κ3) is 2.08. The Hall–Kier alpha value is -2.17. The molecular formula is C11H12N4O. The number of amides is 1. The number of rotatable bonds is 3. The number of benzene rings is 1. The molecule has 0 bridgehead atoms. The average molecular weight is 216 g/mol. The molecule has 2 rings (SSSR count). The van der Waals surface area contributed by atoms with Crippen molar-refractivity contribution >= 4 is 5.91 Å². The van der Waals surface area contributed by atoms with Crippen molar-refractivity contribution in [1.82, 2.24) is 20.1 Å². The second-order valence-corrected chi connectivity index (χ2v) is 3.33. The fraction of sp³-hybridized carbons (Fsp3) is 0.182. The lowest BCUT2D eigenvalue weighted by atomic mass is 10.1. The Labute approximate surface area is 93.1 Å². The summed E-state index contributed by atoms with van der Waals surface area (Å²) in [4.78, 5) is 15.5. The molecule has 0 radical (unpaired) electrons. The van der Waals surface area contributed by atoms with Crippen LogP contribution in [0.4, 0.5) is 0 Å². The van der Waals surface area contributed by atoms with E-state index in [0.717, 1.165) is 5.56 Å². The third-order valence-electron chi connectivity index (χ3n) is 2.29. The van der Waals surface area contributed by atoms with Crippen molar-refractivity contribution in [2.24, 2.45) is 0 Å². The van der Waals surface area contributed by atoms with Crippen LogP contribution in [0.1, 0.15) is 15.9 Å². The number of carbonyl (C=O) groups excluding carboxylic acids is 1. The van der Waals surface area contributed by atoms with Gasteiger partial charge >= 0.3 is 0 Å². The molecule has 0 saturated heterocycles. The molecule has 0 spiro atoms. The highest BCUT2D eigenvalue weighted by Gasteiger charge is 2.09. The summed E-state index contributed by atoms with van der Waals surface area (Å²) in [6.07, 6.45) is 3.10. The Bertz CT molecular complexity index is 478. The molecule has 2 aromatic rings. The van der Waals surface area contributed by atoms with Gasteiger partial charge in [-0.1, -0.05) is 18.2 Å². The van der Waals surface area contributed by atoms with Crippen LogP contribution in [0.2, 0.25) is 0 Å². The summed E-state index contributed by atoms with van der Waals surface area (Å²) in [6, 6.07) is 7.45. The van der Waals surface area contributed by atoms with Crippen LogP contribution in [0.25, 0.3) is 0 Å². The maximum Gasteiger partial charge on any atom is 0.251 e. The lowest BCUT2D eigenvalue weighted by Crippen LogP contribution is -2.20. The predicted molar refractivity (Wildman–Crippen MR) is 59.0 cm³/mol. The number of nitrogens with zero attached hydrogens (tertiary/aromatic N) is 3. The molecular weight excluding hydrogens is 204 g/mol. The smallest absolute Gasteiger partial charge is 0.251 e. The van der Waals surface area contributed by atoms with Crippen molar-refractivity contribution in [1.29, 1.82) is 0 Å². The van der Waals surface area contributed by atoms with Gasteiger partial charge in [-0.3, -0.25) is 4.79 Å². The van der Waals surface area contributed by atoms with E-state index in [-0.39, 0.29) is 5.91 Å². The van der Waals surface area contributed by atoms with Gasteiger partial charge in [0.25, 0.3) is 5.91 Å². The summed E-state index contributed by atoms with van der Waals surface area (Å²) in [5.74, 6) is -0.0873. The van der Waals surface area contributed by atoms with E-state index in [2.05, 4.69) is 15.4 Å². The number of hydrogen-bond acceptors (Lipinski definition) is 3. The minimum atomic E-state index is -0.0873. The Morgan fingerprint density at radius 3 is 2.94 bits per heavy atom. The van der Waals surface area contributed by atoms with Crippen molar-refractivity contribution in [2.75, 3.05) is 7.05 Å². The minimum Gasteiger partial charge on any atom is -0.355 e. The first-order valence-electron chi connectivity index (χ1n) is 4.93. The van der Waals surface area contributed by atoms with E-state index in [1.165, 1.54) is 6.33 Å². The fourth-order valence-electron chi connectivity index (χ4n) is 1.50. The quantitative estimate of drug-likeness (QED) is 0.821. The van der Waals surface area contributed by atoms with E-state index in [1.54, 1.807) is 24.1 Å². The highest BCUT2D eigenvalue weighted by Crippen LogP contribution is 2.09. The molecule has 82 valence electrons. The van der Waals surface area contributed by atoms with Crippen LogP contribution in [0.3, 0.4) is 0 Å². The maximum atomic E-state index is 11.6. The highest BCUT2D eigenvalue weighted by atomic mass is 16.1. The summed E-state index contributed by atoms with van der Waals surface area (Å²) >= 11 is 0. The lowest BCUT2D eigenvalue weighted by molar-refractivity contribution is 0.0962. The van der Waals surface area contributed by atoms with Gasteiger partial charge in [0.15, 0.2) is 0 Å². The zero-order chi connectivity index (χ0) is 11.4. The first-order valence-corrected chi connectivity index (χ1v) is 4.93. The summed E-state index contributed by atoms with van der Waals surface area (Å²) < 4.78 is 1.68. The van der Waals surface area contributed by atoms with E-state index in [4.69, 9.17) is 0 Å². The van der Waals surface area contributed by atoms with Crippen LogP contribution in [-0.4, -0.2) is 27.7 Å². The Balaban J connectivity index is 2.30. The molecule has 0 fully saturated rings. The summed E-state index contributed by atoms with van der Waals surface area (Å²) in [5, 5.41) is 6.63. The highest BCUT2D eigenvalue weighted by molar-refractivity contribution is 5.95. The molecule has 1 aromatic heterocycles. The molecule has 0 unspecified atom stereocenters. The van der Waals surface area contributed by atoms with Crippen LogP contribution >= 0.6 is 0 Å². The van der Waals surface area contributed by atoms with Gasteiger partial charge in [-0.15, -0.1) is 0 Å². The lowest BCUT2D eigenvalue weighted by Gasteiger charge is -2.07. The number of carbonyl (C=O) groups is 1. The number of nitrogens with one attached hydrogen (secondary N) is 1. The summed E-state index contributed by atoms with van der Waals surface area (Å²) in [6.45, 7) is 0.545. The van der Waals surface area contributed by atoms with Crippen LogP contribution in [0.15, 0.2) is 36.9 Å². The molecule has 1 aromatic carbocycles. The molecule has 1 N–H and O–H groups in total. The van der Waals surface area contributed by atoms with E-state index < -0.39 is 0 Å². The van der Waals surface area contributed by atoms with Crippen molar-refractivity contribution in [3.8, 4) is 0 Å². The second-order valence-electron chi connectivity index (χ2n) is 3.33. The van der Waals surface area contributed by atoms with Crippen molar-refractivity contribution in [3.63, 3.8) is 0 Å². The van der Waals surface area contributed by atoms with E-state index in [1.807, 2.05) is 18.2 Å². The molecule has 5 heteroatoms. The van der Waals surface area contributed by atoms with Gasteiger partial charge in [0, 0.05) is 12.6 Å². The zero-order valence-electron chi connectivity index (χ0n) is 8.92. The number of hydrogen-bond donors (Lipinski definition) is 1. The van der Waals surface area contributed by atoms with Crippen molar-refractivity contribution in [3.05, 3.63) is 48.0 Å². The minimum absolute atomic E-state index is 0.0873. The van der Waals surface area contributed by atoms with Crippen LogP contribution in [0, 0.1) is 0 Å². The van der Waals surface area contributed by atoms with Gasteiger partial charge < -0.3 is 5.32 Å². The van der Waals surface area contributed by atoms with Gasteiger partial charge in [-0.25, -0.2) is 9.67 Å². The molecule has 16 heavy (non-hydrogen) atoms. The van der Waals surface area contributed by atoms with Crippen LogP contribution < -0.4 is 5.32 Å². The second kappa shape index (κ2) is 4.57. The van der Waals surface area contributed by atoms with Gasteiger partial charge in [-0.05, 0) is 11.6 Å². The average Bonchev–Trinajstić information content (AvgIpc) is 2.82. The first-order chi connectivity index (χ1) is 7.81. The zero-order valence-corrected chi connectivity index (χ0v) is 8.92. The van der Waals surface area contributed by atoms with Crippen molar-refractivity contribution in [2.45, 2.75) is 6.54 Å². The third-order valence-corrected chi connectivity index (χ3v) is 2.29. The maximum absolute atomic E-state index is 11.6. The molecule has 0 atom stereocenters. The monoisotopic (exact) mass is 216 g/mol. The molecule has 1 heterocycles. The summed E-state index contributed by atoms with van der Waals surface area (Å²) in [5.41, 5.74) is 1.59. The normalized spacial score (nSPS) is 10.1. The molecule has 1 amide bonds. The topological polar surface area (TPSA) is 59.8 Å². The van der Waals surface area contributed by atoms with Gasteiger partial charge in [0.1, 0.15) is 12.7 Å². The van der Waals surface area contributed by atoms with Gasteiger partial charge in [0.05, 0.1) is 6.54 Å². The number of aromatic nitrogens is 3. The van der Waals surface area contributed by atoms with Gasteiger partial charge in [-0.2, -0.15) is 5.10 Å². The van der Waals surface area contributed by atoms with E-state index in [9.17, 15) is 4.79 Å². The Morgan fingerprint density at radius 1 is 1.44 bits per heavy atom. The molecule has 0 saturated carbocycles. The predicted octanol–water partition coefficient (Wildman–Crippen LogP) is 0.686.